The molecule has 1 saturated carbocycles. The second kappa shape index (κ2) is 8.38. The Hall–Kier alpha value is -3.77. The first-order chi connectivity index (χ1) is 18.0. The summed E-state index contributed by atoms with van der Waals surface area (Å²) in [5.74, 6) is 0.401. The Bertz CT molecular complexity index is 1650. The third kappa shape index (κ3) is 3.96. The van der Waals surface area contributed by atoms with E-state index in [4.69, 9.17) is 4.74 Å². The number of anilines is 1. The highest BCUT2D eigenvalue weighted by Gasteiger charge is 2.38. The van der Waals surface area contributed by atoms with Gasteiger partial charge in [-0.2, -0.15) is 18.6 Å². The third-order valence-electron chi connectivity index (χ3n) is 7.34. The number of hydrogen-bond donors (Lipinski definition) is 2. The van der Waals surface area contributed by atoms with Crippen molar-refractivity contribution in [2.24, 2.45) is 5.92 Å². The van der Waals surface area contributed by atoms with Crippen LogP contribution in [0.4, 0.5) is 10.5 Å². The van der Waals surface area contributed by atoms with Crippen LogP contribution in [-0.2, 0) is 34.1 Å². The molecular weight excluding hydrogens is 494 g/mol. The number of urea groups is 1. The molecule has 1 atom stereocenters. The van der Waals surface area contributed by atoms with Crippen LogP contribution in [0.1, 0.15) is 42.2 Å². The first kappa shape index (κ1) is 22.4. The number of amides is 2. The lowest BCUT2D eigenvalue weighted by Crippen LogP contribution is -2.35. The zero-order valence-electron chi connectivity index (χ0n) is 19.9. The normalized spacial score (nSPS) is 19.0. The maximum atomic E-state index is 13.1. The van der Waals surface area contributed by atoms with E-state index in [0.717, 1.165) is 60.1 Å². The summed E-state index contributed by atoms with van der Waals surface area (Å²) in [6.07, 6.45) is 7.98. The molecule has 2 amide bonds. The Labute approximate surface area is 212 Å². The molecule has 0 bridgehead atoms. The summed E-state index contributed by atoms with van der Waals surface area (Å²) in [6, 6.07) is 8.48. The molecule has 190 valence electrons. The summed E-state index contributed by atoms with van der Waals surface area (Å²) in [6.45, 7) is 0.974. The van der Waals surface area contributed by atoms with Crippen molar-refractivity contribution in [1.29, 1.82) is 0 Å². The molecule has 2 aliphatic carbocycles. The number of pyridine rings is 1. The predicted molar refractivity (Wildman–Crippen MR) is 133 cm³/mol. The highest BCUT2D eigenvalue weighted by molar-refractivity contribution is 7.90. The minimum Gasteiger partial charge on any atom is -0.370 e. The number of nitrogens with one attached hydrogen (secondary N) is 2. The van der Waals surface area contributed by atoms with Crippen molar-refractivity contribution in [2.75, 3.05) is 11.9 Å². The molecule has 0 unspecified atom stereocenters. The molecule has 3 aromatic heterocycles. The average Bonchev–Trinajstić information content (AvgIpc) is 3.26. The summed E-state index contributed by atoms with van der Waals surface area (Å²) in [5.41, 5.74) is 5.85. The molecule has 3 aliphatic rings. The fourth-order valence-electron chi connectivity index (χ4n) is 5.41. The quantitative estimate of drug-likeness (QED) is 0.414. The van der Waals surface area contributed by atoms with E-state index in [0.29, 0.717) is 30.4 Å². The van der Waals surface area contributed by atoms with Crippen molar-refractivity contribution in [3.8, 4) is 11.1 Å². The van der Waals surface area contributed by atoms with E-state index in [1.165, 1.54) is 12.4 Å². The number of carbonyl (C=O) groups excluding carboxylic acids is 1. The van der Waals surface area contributed by atoms with E-state index in [2.05, 4.69) is 31.3 Å². The highest BCUT2D eigenvalue weighted by atomic mass is 32.2. The summed E-state index contributed by atoms with van der Waals surface area (Å²) in [7, 11) is -4.19. The summed E-state index contributed by atoms with van der Waals surface area (Å²) >= 11 is 0. The minimum absolute atomic E-state index is 0.143. The number of ether oxygens (including phenoxy) is 1. The Morgan fingerprint density at radius 2 is 2.03 bits per heavy atom. The van der Waals surface area contributed by atoms with Crippen molar-refractivity contribution in [3.63, 3.8) is 0 Å². The zero-order valence-corrected chi connectivity index (χ0v) is 20.7. The van der Waals surface area contributed by atoms with Gasteiger partial charge in [0, 0.05) is 23.4 Å². The van der Waals surface area contributed by atoms with Gasteiger partial charge in [-0.3, -0.25) is 4.68 Å². The van der Waals surface area contributed by atoms with E-state index in [1.807, 2.05) is 24.4 Å². The number of fused-ring (bicyclic) bond motifs is 3. The van der Waals surface area contributed by atoms with Crippen molar-refractivity contribution in [2.45, 2.75) is 49.8 Å². The molecule has 0 saturated heterocycles. The first-order valence-corrected chi connectivity index (χ1v) is 13.9. The SMILES string of the molecule is O=C(Nc1c(-c2ccc3ncnn3c2)ccc2c1CCC2)NS(=O)(=O)c1cc2n(n1)CCO[C@@H]2C1CC1. The van der Waals surface area contributed by atoms with Crippen LogP contribution in [-0.4, -0.2) is 45.4 Å². The molecular formula is C25H25N7O4S. The molecule has 1 aromatic carbocycles. The number of rotatable bonds is 5. The fraction of sp³-hybridized carbons (Fsp3) is 0.360. The van der Waals surface area contributed by atoms with Gasteiger partial charge in [0.1, 0.15) is 12.4 Å². The minimum atomic E-state index is -4.19. The van der Waals surface area contributed by atoms with Crippen LogP contribution < -0.4 is 10.0 Å². The maximum absolute atomic E-state index is 13.1. The molecule has 4 heterocycles. The number of benzene rings is 1. The molecule has 1 aliphatic heterocycles. The Morgan fingerprint density at radius 3 is 2.89 bits per heavy atom. The second-order valence-electron chi connectivity index (χ2n) is 9.78. The summed E-state index contributed by atoms with van der Waals surface area (Å²) in [4.78, 5) is 17.3. The molecule has 1 fully saturated rings. The smallest absolute Gasteiger partial charge is 0.333 e. The Balaban J connectivity index is 1.18. The molecule has 7 rings (SSSR count). The van der Waals surface area contributed by atoms with Gasteiger partial charge >= 0.3 is 6.03 Å². The predicted octanol–water partition coefficient (Wildman–Crippen LogP) is 3.07. The zero-order chi connectivity index (χ0) is 25.1. The number of carbonyl (C=O) groups is 1. The molecule has 37 heavy (non-hydrogen) atoms. The second-order valence-corrected chi connectivity index (χ2v) is 11.4. The van der Waals surface area contributed by atoms with Crippen molar-refractivity contribution in [3.05, 3.63) is 59.7 Å². The van der Waals surface area contributed by atoms with E-state index >= 15 is 0 Å². The standard InChI is InChI=1S/C25H25N7O4S/c33-25(30-37(34,35)22-12-20-24(16-4-5-16)36-11-10-31(20)29-22)28-23-18-3-1-2-15(18)6-8-19(23)17-7-9-21-26-14-27-32(21)13-17/h6-9,12-14,16,24H,1-5,10-11H2,(H2,28,30,33)/t24-/m1/s1. The van der Waals surface area contributed by atoms with Crippen LogP contribution in [0.3, 0.4) is 0 Å². The van der Waals surface area contributed by atoms with Gasteiger partial charge in [0.2, 0.25) is 0 Å². The van der Waals surface area contributed by atoms with E-state index in [1.54, 1.807) is 9.20 Å². The van der Waals surface area contributed by atoms with Gasteiger partial charge in [-0.05, 0) is 61.3 Å². The van der Waals surface area contributed by atoms with Gasteiger partial charge in [0.15, 0.2) is 10.7 Å². The van der Waals surface area contributed by atoms with E-state index < -0.39 is 16.1 Å². The molecule has 2 N–H and O–H groups in total. The van der Waals surface area contributed by atoms with Gasteiger partial charge in [-0.15, -0.1) is 0 Å². The fourth-order valence-corrected chi connectivity index (χ4v) is 6.29. The number of hydrogen-bond acceptors (Lipinski definition) is 7. The highest BCUT2D eigenvalue weighted by Crippen LogP contribution is 2.45. The van der Waals surface area contributed by atoms with Crippen molar-refractivity contribution in [1.82, 2.24) is 29.1 Å². The number of aromatic nitrogens is 5. The summed E-state index contributed by atoms with van der Waals surface area (Å²) < 4.78 is 37.7. The lowest BCUT2D eigenvalue weighted by molar-refractivity contribution is 0.00273. The first-order valence-electron chi connectivity index (χ1n) is 12.4. The largest absolute Gasteiger partial charge is 0.370 e. The van der Waals surface area contributed by atoms with Crippen LogP contribution in [0.2, 0.25) is 0 Å². The van der Waals surface area contributed by atoms with Crippen molar-refractivity contribution < 1.29 is 17.9 Å². The van der Waals surface area contributed by atoms with Crippen LogP contribution in [0.5, 0.6) is 0 Å². The van der Waals surface area contributed by atoms with Crippen LogP contribution in [0.15, 0.2) is 47.9 Å². The monoisotopic (exact) mass is 519 g/mol. The number of nitrogens with zero attached hydrogens (tertiary/aromatic N) is 5. The van der Waals surface area contributed by atoms with Gasteiger partial charge in [0.25, 0.3) is 10.0 Å². The van der Waals surface area contributed by atoms with Gasteiger partial charge in [0.05, 0.1) is 24.5 Å². The molecule has 4 aromatic rings. The van der Waals surface area contributed by atoms with Gasteiger partial charge in [-0.1, -0.05) is 12.1 Å². The van der Waals surface area contributed by atoms with Crippen LogP contribution in [0.25, 0.3) is 16.8 Å². The number of sulfonamides is 1. The number of aryl methyl sites for hydroxylation is 1. The summed E-state index contributed by atoms with van der Waals surface area (Å²) in [5, 5.41) is 11.2. The van der Waals surface area contributed by atoms with Crippen molar-refractivity contribution >= 4 is 27.4 Å². The topological polar surface area (TPSA) is 133 Å². The molecule has 0 radical (unpaired) electrons. The molecule has 11 nitrogen and oxygen atoms in total. The lowest BCUT2D eigenvalue weighted by Gasteiger charge is -2.23. The third-order valence-corrected chi connectivity index (χ3v) is 8.54. The molecule has 0 spiro atoms. The van der Waals surface area contributed by atoms with Crippen LogP contribution >= 0.6 is 0 Å². The van der Waals surface area contributed by atoms with Crippen LogP contribution in [0, 0.1) is 5.92 Å². The van der Waals surface area contributed by atoms with Gasteiger partial charge in [-0.25, -0.2) is 19.0 Å². The molecule has 12 heteroatoms. The van der Waals surface area contributed by atoms with E-state index in [9.17, 15) is 13.2 Å². The lowest BCUT2D eigenvalue weighted by atomic mass is 9.98. The maximum Gasteiger partial charge on any atom is 0.333 e. The average molecular weight is 520 g/mol. The van der Waals surface area contributed by atoms with E-state index in [-0.39, 0.29) is 11.1 Å². The Kier molecular flexibility index (Phi) is 5.08. The Morgan fingerprint density at radius 1 is 1.14 bits per heavy atom. The van der Waals surface area contributed by atoms with Gasteiger partial charge < -0.3 is 10.1 Å².